The van der Waals surface area contributed by atoms with Crippen molar-refractivity contribution in [1.29, 1.82) is 0 Å². The smallest absolute Gasteiger partial charge is 0.224 e. The van der Waals surface area contributed by atoms with E-state index in [1.807, 2.05) is 48.1 Å². The van der Waals surface area contributed by atoms with Crippen LogP contribution in [0.4, 0.5) is 0 Å². The average Bonchev–Trinajstić information content (AvgIpc) is 3.34. The number of fused-ring (bicyclic) bond motifs is 1. The SMILES string of the molecule is Cc1ccc2c(CC(=O)NCc3ccccc3Cn3cccn3)coc2c1C. The van der Waals surface area contributed by atoms with Crippen molar-refractivity contribution >= 4 is 16.9 Å². The number of hydrogen-bond acceptors (Lipinski definition) is 3. The summed E-state index contributed by atoms with van der Waals surface area (Å²) < 4.78 is 7.59. The summed E-state index contributed by atoms with van der Waals surface area (Å²) in [7, 11) is 0. The van der Waals surface area contributed by atoms with Gasteiger partial charge in [0.05, 0.1) is 19.2 Å². The Morgan fingerprint density at radius 2 is 1.89 bits per heavy atom. The lowest BCUT2D eigenvalue weighted by atomic mass is 10.0. The van der Waals surface area contributed by atoms with Crippen molar-refractivity contribution in [2.24, 2.45) is 0 Å². The molecule has 2 heterocycles. The molecule has 142 valence electrons. The Hall–Kier alpha value is -3.34. The van der Waals surface area contributed by atoms with Crippen molar-refractivity contribution in [3.8, 4) is 0 Å². The van der Waals surface area contributed by atoms with E-state index in [4.69, 9.17) is 4.42 Å². The summed E-state index contributed by atoms with van der Waals surface area (Å²) in [4.78, 5) is 12.5. The fraction of sp³-hybridized carbons (Fsp3) is 0.217. The molecule has 0 unspecified atom stereocenters. The van der Waals surface area contributed by atoms with Crippen LogP contribution in [-0.4, -0.2) is 15.7 Å². The molecule has 0 aliphatic carbocycles. The maximum Gasteiger partial charge on any atom is 0.224 e. The molecule has 0 atom stereocenters. The van der Waals surface area contributed by atoms with Gasteiger partial charge in [0.25, 0.3) is 0 Å². The Bertz CT molecular complexity index is 1110. The number of nitrogens with zero attached hydrogens (tertiary/aromatic N) is 2. The maximum atomic E-state index is 12.5. The Labute approximate surface area is 164 Å². The van der Waals surface area contributed by atoms with Gasteiger partial charge in [0.1, 0.15) is 5.58 Å². The van der Waals surface area contributed by atoms with Crippen molar-refractivity contribution in [2.45, 2.75) is 33.4 Å². The molecule has 1 N–H and O–H groups in total. The lowest BCUT2D eigenvalue weighted by molar-refractivity contribution is -0.120. The van der Waals surface area contributed by atoms with Gasteiger partial charge in [0, 0.05) is 29.9 Å². The molecule has 0 fully saturated rings. The minimum atomic E-state index is -0.0187. The number of furan rings is 1. The summed E-state index contributed by atoms with van der Waals surface area (Å²) >= 11 is 0. The predicted octanol–water partition coefficient (Wildman–Crippen LogP) is 4.15. The van der Waals surface area contributed by atoms with Gasteiger partial charge in [-0.25, -0.2) is 0 Å². The second-order valence-electron chi connectivity index (χ2n) is 7.07. The van der Waals surface area contributed by atoms with Crippen molar-refractivity contribution in [1.82, 2.24) is 15.1 Å². The first kappa shape index (κ1) is 18.0. The second-order valence-corrected chi connectivity index (χ2v) is 7.07. The van der Waals surface area contributed by atoms with Crippen molar-refractivity contribution in [3.05, 3.63) is 88.9 Å². The third-order valence-corrected chi connectivity index (χ3v) is 5.18. The summed E-state index contributed by atoms with van der Waals surface area (Å²) in [6, 6.07) is 14.1. The highest BCUT2D eigenvalue weighted by molar-refractivity contribution is 5.89. The minimum Gasteiger partial charge on any atom is -0.464 e. The van der Waals surface area contributed by atoms with Gasteiger partial charge in [-0.3, -0.25) is 9.48 Å². The van der Waals surface area contributed by atoms with Crippen LogP contribution in [0.3, 0.4) is 0 Å². The number of carbonyl (C=O) groups excluding carboxylic acids is 1. The van der Waals surface area contributed by atoms with Crippen LogP contribution in [0.25, 0.3) is 11.0 Å². The van der Waals surface area contributed by atoms with Gasteiger partial charge in [-0.2, -0.15) is 5.10 Å². The van der Waals surface area contributed by atoms with Gasteiger partial charge in [0.15, 0.2) is 0 Å². The van der Waals surface area contributed by atoms with E-state index in [1.165, 1.54) is 5.56 Å². The summed E-state index contributed by atoms with van der Waals surface area (Å²) in [5, 5.41) is 8.31. The van der Waals surface area contributed by atoms with Crippen molar-refractivity contribution in [3.63, 3.8) is 0 Å². The van der Waals surface area contributed by atoms with Crippen LogP contribution >= 0.6 is 0 Å². The number of nitrogens with one attached hydrogen (secondary N) is 1. The molecule has 2 aromatic carbocycles. The Balaban J connectivity index is 1.44. The zero-order valence-corrected chi connectivity index (χ0v) is 16.1. The Kier molecular flexibility index (Phi) is 4.98. The van der Waals surface area contributed by atoms with E-state index in [0.717, 1.165) is 33.2 Å². The molecule has 0 aliphatic heterocycles. The van der Waals surface area contributed by atoms with Crippen LogP contribution < -0.4 is 5.32 Å². The lowest BCUT2D eigenvalue weighted by Crippen LogP contribution is -2.25. The van der Waals surface area contributed by atoms with E-state index in [0.29, 0.717) is 19.5 Å². The molecule has 4 aromatic rings. The van der Waals surface area contributed by atoms with Gasteiger partial charge >= 0.3 is 0 Å². The lowest BCUT2D eigenvalue weighted by Gasteiger charge is -2.11. The molecular formula is C23H23N3O2. The molecule has 0 radical (unpaired) electrons. The molecule has 0 aliphatic rings. The number of aryl methyl sites for hydroxylation is 2. The number of aromatic nitrogens is 2. The van der Waals surface area contributed by atoms with Gasteiger partial charge in [-0.1, -0.05) is 36.4 Å². The molecule has 5 nitrogen and oxygen atoms in total. The third kappa shape index (κ3) is 3.69. The number of amides is 1. The van der Waals surface area contributed by atoms with Crippen LogP contribution in [0.2, 0.25) is 0 Å². The Morgan fingerprint density at radius 1 is 1.07 bits per heavy atom. The molecule has 0 bridgehead atoms. The van der Waals surface area contributed by atoms with Gasteiger partial charge in [0.2, 0.25) is 5.91 Å². The highest BCUT2D eigenvalue weighted by atomic mass is 16.3. The number of hydrogen-bond donors (Lipinski definition) is 1. The van der Waals surface area contributed by atoms with E-state index in [9.17, 15) is 4.79 Å². The summed E-state index contributed by atoms with van der Waals surface area (Å²) in [5.74, 6) is -0.0187. The molecule has 5 heteroatoms. The monoisotopic (exact) mass is 373 g/mol. The van der Waals surface area contributed by atoms with Crippen LogP contribution in [0, 0.1) is 13.8 Å². The quantitative estimate of drug-likeness (QED) is 0.552. The number of rotatable bonds is 6. The maximum absolute atomic E-state index is 12.5. The highest BCUT2D eigenvalue weighted by Crippen LogP contribution is 2.26. The largest absolute Gasteiger partial charge is 0.464 e. The standard InChI is InChI=1S/C23H23N3O2/c1-16-8-9-21-20(15-28-23(21)17(16)2)12-22(27)24-13-18-6-3-4-7-19(18)14-26-11-5-10-25-26/h3-11,15H,12-14H2,1-2H3,(H,24,27). The van der Waals surface area contributed by atoms with E-state index in [2.05, 4.69) is 29.5 Å². The fourth-order valence-electron chi connectivity index (χ4n) is 3.41. The first-order chi connectivity index (χ1) is 13.6. The molecule has 1 amide bonds. The van der Waals surface area contributed by atoms with Gasteiger partial charge in [-0.05, 0) is 42.2 Å². The fourth-order valence-corrected chi connectivity index (χ4v) is 3.41. The third-order valence-electron chi connectivity index (χ3n) is 5.18. The number of benzene rings is 2. The van der Waals surface area contributed by atoms with E-state index < -0.39 is 0 Å². The van der Waals surface area contributed by atoms with Crippen LogP contribution in [0.1, 0.15) is 27.8 Å². The minimum absolute atomic E-state index is 0.0187. The molecule has 4 rings (SSSR count). The summed E-state index contributed by atoms with van der Waals surface area (Å²) in [5.41, 5.74) is 6.33. The zero-order chi connectivity index (χ0) is 19.5. The molecule has 2 aromatic heterocycles. The molecule has 28 heavy (non-hydrogen) atoms. The first-order valence-electron chi connectivity index (χ1n) is 9.39. The van der Waals surface area contributed by atoms with Gasteiger partial charge < -0.3 is 9.73 Å². The summed E-state index contributed by atoms with van der Waals surface area (Å²) in [6.07, 6.45) is 5.70. The molecular weight excluding hydrogens is 350 g/mol. The molecule has 0 saturated carbocycles. The van der Waals surface area contributed by atoms with Crippen molar-refractivity contribution < 1.29 is 9.21 Å². The average molecular weight is 373 g/mol. The first-order valence-corrected chi connectivity index (χ1v) is 9.39. The predicted molar refractivity (Wildman–Crippen MR) is 109 cm³/mol. The topological polar surface area (TPSA) is 60.1 Å². The highest BCUT2D eigenvalue weighted by Gasteiger charge is 2.13. The van der Waals surface area contributed by atoms with E-state index >= 15 is 0 Å². The van der Waals surface area contributed by atoms with Gasteiger partial charge in [-0.15, -0.1) is 0 Å². The summed E-state index contributed by atoms with van der Waals surface area (Å²) in [6.45, 7) is 5.28. The number of carbonyl (C=O) groups is 1. The molecule has 0 saturated heterocycles. The second kappa shape index (κ2) is 7.72. The van der Waals surface area contributed by atoms with Crippen LogP contribution in [-0.2, 0) is 24.3 Å². The van der Waals surface area contributed by atoms with E-state index in [1.54, 1.807) is 12.5 Å². The molecule has 0 spiro atoms. The van der Waals surface area contributed by atoms with E-state index in [-0.39, 0.29) is 5.91 Å². The normalized spacial score (nSPS) is 11.1. The van der Waals surface area contributed by atoms with Crippen molar-refractivity contribution in [2.75, 3.05) is 0 Å². The Morgan fingerprint density at radius 3 is 2.68 bits per heavy atom. The zero-order valence-electron chi connectivity index (χ0n) is 16.1. The van der Waals surface area contributed by atoms with Crippen LogP contribution in [0.15, 0.2) is 65.5 Å². The van der Waals surface area contributed by atoms with Crippen LogP contribution in [0.5, 0.6) is 0 Å².